The molecule has 0 aliphatic heterocycles. The van der Waals surface area contributed by atoms with Crippen LogP contribution >= 0.6 is 0 Å². The summed E-state index contributed by atoms with van der Waals surface area (Å²) in [6.07, 6.45) is 11.5. The highest BCUT2D eigenvalue weighted by atomic mass is 15.1. The van der Waals surface area contributed by atoms with Gasteiger partial charge in [-0.15, -0.1) is 0 Å². The lowest BCUT2D eigenvalue weighted by molar-refractivity contribution is 0.316. The topological polar surface area (TPSA) is 3.24 Å². The standard InChI is InChI=1S/C10H19N/c1-11(2)10-8-6-4-3-5-7-9-10/h6,8,10H,3-5,7,9H2,1-2H3/b8-6-. The molecule has 0 N–H and O–H groups in total. The summed E-state index contributed by atoms with van der Waals surface area (Å²) in [6.45, 7) is 0. The smallest absolute Gasteiger partial charge is 0.0272 e. The van der Waals surface area contributed by atoms with Crippen LogP contribution in [0.1, 0.15) is 32.1 Å². The number of hydrogen-bond acceptors (Lipinski definition) is 1. The molecular formula is C10H19N. The summed E-state index contributed by atoms with van der Waals surface area (Å²) < 4.78 is 0. The maximum Gasteiger partial charge on any atom is 0.0272 e. The molecule has 1 aliphatic rings. The van der Waals surface area contributed by atoms with Crippen LogP contribution in [0.3, 0.4) is 0 Å². The molecule has 0 aromatic carbocycles. The molecular weight excluding hydrogens is 134 g/mol. The van der Waals surface area contributed by atoms with Crippen molar-refractivity contribution in [1.29, 1.82) is 0 Å². The molecule has 0 spiro atoms. The van der Waals surface area contributed by atoms with E-state index in [1.54, 1.807) is 0 Å². The van der Waals surface area contributed by atoms with Gasteiger partial charge in [-0.3, -0.25) is 0 Å². The molecule has 1 nitrogen and oxygen atoms in total. The highest BCUT2D eigenvalue weighted by Gasteiger charge is 2.07. The van der Waals surface area contributed by atoms with Crippen molar-refractivity contribution in [3.63, 3.8) is 0 Å². The van der Waals surface area contributed by atoms with Crippen LogP contribution in [0, 0.1) is 0 Å². The largest absolute Gasteiger partial charge is 0.303 e. The normalized spacial score (nSPS) is 29.5. The van der Waals surface area contributed by atoms with E-state index in [-0.39, 0.29) is 0 Å². The van der Waals surface area contributed by atoms with Gasteiger partial charge in [0.05, 0.1) is 0 Å². The molecule has 0 saturated heterocycles. The van der Waals surface area contributed by atoms with Crippen molar-refractivity contribution < 1.29 is 0 Å². The fraction of sp³-hybridized carbons (Fsp3) is 0.800. The van der Waals surface area contributed by atoms with Crippen LogP contribution in [0.5, 0.6) is 0 Å². The third kappa shape index (κ3) is 3.06. The maximum absolute atomic E-state index is 2.36. The van der Waals surface area contributed by atoms with E-state index < -0.39 is 0 Å². The molecule has 0 saturated carbocycles. The predicted molar refractivity (Wildman–Crippen MR) is 49.7 cm³/mol. The number of likely N-dealkylation sites (N-methyl/N-ethyl adjacent to an activating group) is 1. The van der Waals surface area contributed by atoms with Gasteiger partial charge in [-0.05, 0) is 33.4 Å². The van der Waals surface area contributed by atoms with Gasteiger partial charge in [0.1, 0.15) is 0 Å². The Bertz CT molecular complexity index is 127. The van der Waals surface area contributed by atoms with Gasteiger partial charge in [0, 0.05) is 6.04 Å². The van der Waals surface area contributed by atoms with Gasteiger partial charge in [0.15, 0.2) is 0 Å². The minimum Gasteiger partial charge on any atom is -0.303 e. The first-order valence-electron chi connectivity index (χ1n) is 4.64. The first-order valence-corrected chi connectivity index (χ1v) is 4.64. The Morgan fingerprint density at radius 1 is 1.18 bits per heavy atom. The van der Waals surface area contributed by atoms with Crippen molar-refractivity contribution in [2.75, 3.05) is 14.1 Å². The Kier molecular flexibility index (Phi) is 3.64. The van der Waals surface area contributed by atoms with E-state index >= 15 is 0 Å². The number of nitrogens with zero attached hydrogens (tertiary/aromatic N) is 1. The molecule has 0 bridgehead atoms. The monoisotopic (exact) mass is 153 g/mol. The van der Waals surface area contributed by atoms with Crippen molar-refractivity contribution in [3.05, 3.63) is 12.2 Å². The molecule has 1 unspecified atom stereocenters. The average Bonchev–Trinajstić information content (AvgIpc) is 1.84. The van der Waals surface area contributed by atoms with Crippen molar-refractivity contribution in [3.8, 4) is 0 Å². The lowest BCUT2D eigenvalue weighted by atomic mass is 10.0. The molecule has 1 rings (SSSR count). The van der Waals surface area contributed by atoms with Gasteiger partial charge in [-0.1, -0.05) is 25.0 Å². The van der Waals surface area contributed by atoms with E-state index in [0.717, 1.165) is 0 Å². The second-order valence-corrected chi connectivity index (χ2v) is 3.60. The van der Waals surface area contributed by atoms with E-state index in [0.29, 0.717) is 6.04 Å². The molecule has 0 radical (unpaired) electrons. The van der Waals surface area contributed by atoms with E-state index in [2.05, 4.69) is 31.1 Å². The summed E-state index contributed by atoms with van der Waals surface area (Å²) in [5.41, 5.74) is 0. The van der Waals surface area contributed by atoms with Crippen molar-refractivity contribution in [1.82, 2.24) is 4.90 Å². The summed E-state index contributed by atoms with van der Waals surface area (Å²) in [4.78, 5) is 2.31. The first-order chi connectivity index (χ1) is 5.30. The first kappa shape index (κ1) is 8.79. The third-order valence-corrected chi connectivity index (χ3v) is 2.39. The zero-order valence-electron chi connectivity index (χ0n) is 7.71. The van der Waals surface area contributed by atoms with Crippen LogP contribution in [0.15, 0.2) is 12.2 Å². The summed E-state index contributed by atoms with van der Waals surface area (Å²) >= 11 is 0. The van der Waals surface area contributed by atoms with E-state index in [1.807, 2.05) is 0 Å². The summed E-state index contributed by atoms with van der Waals surface area (Å²) in [5, 5.41) is 0. The molecule has 0 fully saturated rings. The number of hydrogen-bond donors (Lipinski definition) is 0. The Hall–Kier alpha value is -0.300. The molecule has 11 heavy (non-hydrogen) atoms. The van der Waals surface area contributed by atoms with Crippen molar-refractivity contribution in [2.24, 2.45) is 0 Å². The lowest BCUT2D eigenvalue weighted by Gasteiger charge is -2.22. The molecule has 0 aromatic heterocycles. The zero-order chi connectivity index (χ0) is 8.10. The minimum atomic E-state index is 0.690. The van der Waals surface area contributed by atoms with Crippen LogP contribution in [-0.2, 0) is 0 Å². The van der Waals surface area contributed by atoms with Gasteiger partial charge in [-0.2, -0.15) is 0 Å². The highest BCUT2D eigenvalue weighted by molar-refractivity contribution is 4.94. The van der Waals surface area contributed by atoms with Crippen LogP contribution in [0.25, 0.3) is 0 Å². The van der Waals surface area contributed by atoms with Crippen LogP contribution in [-0.4, -0.2) is 25.0 Å². The van der Waals surface area contributed by atoms with Gasteiger partial charge in [-0.25, -0.2) is 0 Å². The Morgan fingerprint density at radius 3 is 2.73 bits per heavy atom. The quantitative estimate of drug-likeness (QED) is 0.523. The molecule has 0 amide bonds. The van der Waals surface area contributed by atoms with E-state index in [9.17, 15) is 0 Å². The van der Waals surface area contributed by atoms with Crippen molar-refractivity contribution in [2.45, 2.75) is 38.1 Å². The highest BCUT2D eigenvalue weighted by Crippen LogP contribution is 2.14. The molecule has 1 heteroatoms. The molecule has 0 heterocycles. The second-order valence-electron chi connectivity index (χ2n) is 3.60. The lowest BCUT2D eigenvalue weighted by Crippen LogP contribution is -2.26. The van der Waals surface area contributed by atoms with Crippen LogP contribution < -0.4 is 0 Å². The third-order valence-electron chi connectivity index (χ3n) is 2.39. The van der Waals surface area contributed by atoms with Gasteiger partial charge in [0.25, 0.3) is 0 Å². The van der Waals surface area contributed by atoms with Gasteiger partial charge >= 0.3 is 0 Å². The van der Waals surface area contributed by atoms with E-state index in [4.69, 9.17) is 0 Å². The summed E-state index contributed by atoms with van der Waals surface area (Å²) in [7, 11) is 4.33. The Balaban J connectivity index is 2.42. The van der Waals surface area contributed by atoms with Crippen LogP contribution in [0.2, 0.25) is 0 Å². The SMILES string of the molecule is CN(C)C1/C=C\CCCCC1. The number of rotatable bonds is 1. The average molecular weight is 153 g/mol. The molecule has 1 aliphatic carbocycles. The van der Waals surface area contributed by atoms with Gasteiger partial charge in [0.2, 0.25) is 0 Å². The fourth-order valence-electron chi connectivity index (χ4n) is 1.57. The zero-order valence-corrected chi connectivity index (χ0v) is 7.71. The molecule has 64 valence electrons. The number of allylic oxidation sites excluding steroid dienone is 1. The minimum absolute atomic E-state index is 0.690. The Labute approximate surface area is 70.1 Å². The van der Waals surface area contributed by atoms with Crippen LogP contribution in [0.4, 0.5) is 0 Å². The summed E-state index contributed by atoms with van der Waals surface area (Å²) in [5.74, 6) is 0. The molecule has 1 atom stereocenters. The predicted octanol–water partition coefficient (Wildman–Crippen LogP) is 2.44. The second kappa shape index (κ2) is 4.55. The molecule has 0 aromatic rings. The Morgan fingerprint density at radius 2 is 2.00 bits per heavy atom. The fourth-order valence-corrected chi connectivity index (χ4v) is 1.57. The van der Waals surface area contributed by atoms with Gasteiger partial charge < -0.3 is 4.90 Å². The maximum atomic E-state index is 2.36. The van der Waals surface area contributed by atoms with E-state index in [1.165, 1.54) is 32.1 Å². The van der Waals surface area contributed by atoms with Crippen molar-refractivity contribution >= 4 is 0 Å². The summed E-state index contributed by atoms with van der Waals surface area (Å²) in [6, 6.07) is 0.690.